The van der Waals surface area contributed by atoms with Crippen LogP contribution in [0.25, 0.3) is 0 Å². The van der Waals surface area contributed by atoms with Gasteiger partial charge in [0, 0.05) is 24.8 Å². The number of hydrogen-bond donors (Lipinski definition) is 1. The molecule has 0 unspecified atom stereocenters. The highest BCUT2D eigenvalue weighted by molar-refractivity contribution is 5.77. The topological polar surface area (TPSA) is 82.5 Å². The van der Waals surface area contributed by atoms with Gasteiger partial charge in [-0.15, -0.1) is 0 Å². The van der Waals surface area contributed by atoms with Gasteiger partial charge in [0.15, 0.2) is 18.1 Å². The Bertz CT molecular complexity index is 743. The number of benzene rings is 1. The zero-order chi connectivity index (χ0) is 17.4. The van der Waals surface area contributed by atoms with E-state index in [9.17, 15) is 9.59 Å². The number of aryl methyl sites for hydroxylation is 1. The van der Waals surface area contributed by atoms with E-state index in [1.54, 1.807) is 18.2 Å². The molecule has 1 aromatic heterocycles. The van der Waals surface area contributed by atoms with Crippen LogP contribution in [0.4, 0.5) is 0 Å². The van der Waals surface area contributed by atoms with Gasteiger partial charge in [-0.1, -0.05) is 19.1 Å². The van der Waals surface area contributed by atoms with Gasteiger partial charge in [-0.3, -0.25) is 14.2 Å². The monoisotopic (exact) mass is 331 g/mol. The number of nitrogens with one attached hydrogen (secondary N) is 1. The Balaban J connectivity index is 1.78. The van der Waals surface area contributed by atoms with Gasteiger partial charge in [0.05, 0.1) is 13.4 Å². The number of hydrogen-bond acceptors (Lipinski definition) is 5. The molecule has 24 heavy (non-hydrogen) atoms. The maximum atomic E-state index is 11.8. The number of ether oxygens (including phenoxy) is 2. The summed E-state index contributed by atoms with van der Waals surface area (Å²) < 4.78 is 12.0. The van der Waals surface area contributed by atoms with Crippen LogP contribution in [0.3, 0.4) is 0 Å². The Kier molecular flexibility index (Phi) is 6.36. The summed E-state index contributed by atoms with van der Waals surface area (Å²) in [6.45, 7) is 2.49. The molecule has 0 saturated heterocycles. The molecule has 0 aliphatic heterocycles. The smallest absolute Gasteiger partial charge is 0.258 e. The maximum Gasteiger partial charge on any atom is 0.258 e. The van der Waals surface area contributed by atoms with Crippen LogP contribution in [0.1, 0.15) is 12.6 Å². The molecule has 7 heteroatoms. The van der Waals surface area contributed by atoms with Crippen molar-refractivity contribution in [3.8, 4) is 11.5 Å². The zero-order valence-electron chi connectivity index (χ0n) is 13.8. The zero-order valence-corrected chi connectivity index (χ0v) is 13.8. The molecule has 1 N–H and O–H groups in total. The lowest BCUT2D eigenvalue weighted by atomic mass is 10.3. The summed E-state index contributed by atoms with van der Waals surface area (Å²) in [7, 11) is 1.54. The van der Waals surface area contributed by atoms with E-state index in [-0.39, 0.29) is 18.1 Å². The molecule has 1 aromatic carbocycles. The number of carbonyl (C=O) groups excluding carboxylic acids is 1. The van der Waals surface area contributed by atoms with E-state index < -0.39 is 0 Å². The number of carbonyl (C=O) groups is 1. The van der Waals surface area contributed by atoms with Crippen LogP contribution in [0, 0.1) is 0 Å². The summed E-state index contributed by atoms with van der Waals surface area (Å²) in [5.41, 5.74) is 0.631. The normalized spacial score (nSPS) is 10.2. The number of para-hydroxylation sites is 2. The summed E-state index contributed by atoms with van der Waals surface area (Å²) in [5, 5.41) is 2.70. The molecule has 0 spiro atoms. The molecule has 0 saturated carbocycles. The molecular weight excluding hydrogens is 310 g/mol. The van der Waals surface area contributed by atoms with Crippen LogP contribution >= 0.6 is 0 Å². The Morgan fingerprint density at radius 2 is 2.04 bits per heavy atom. The minimum absolute atomic E-state index is 0.123. The first-order valence-electron chi connectivity index (χ1n) is 7.72. The average molecular weight is 331 g/mol. The third-order valence-corrected chi connectivity index (χ3v) is 3.40. The predicted octanol–water partition coefficient (Wildman–Crippen LogP) is 1.01. The second-order valence-electron chi connectivity index (χ2n) is 5.05. The second kappa shape index (κ2) is 8.71. The lowest BCUT2D eigenvalue weighted by molar-refractivity contribution is -0.123. The predicted molar refractivity (Wildman–Crippen MR) is 89.4 cm³/mol. The van der Waals surface area contributed by atoms with E-state index in [1.165, 1.54) is 24.1 Å². The molecule has 2 aromatic rings. The molecule has 7 nitrogen and oxygen atoms in total. The third kappa shape index (κ3) is 4.84. The van der Waals surface area contributed by atoms with Crippen molar-refractivity contribution in [2.75, 3.05) is 20.3 Å². The van der Waals surface area contributed by atoms with Crippen molar-refractivity contribution < 1.29 is 14.3 Å². The van der Waals surface area contributed by atoms with Crippen molar-refractivity contribution in [3.63, 3.8) is 0 Å². The average Bonchev–Trinajstić information content (AvgIpc) is 2.61. The maximum absolute atomic E-state index is 11.8. The number of nitrogens with zero attached hydrogens (tertiary/aromatic N) is 2. The highest BCUT2D eigenvalue weighted by atomic mass is 16.5. The quantitative estimate of drug-likeness (QED) is 0.780. The van der Waals surface area contributed by atoms with Crippen molar-refractivity contribution in [2.24, 2.45) is 0 Å². The van der Waals surface area contributed by atoms with Crippen molar-refractivity contribution in [1.82, 2.24) is 14.9 Å². The van der Waals surface area contributed by atoms with Gasteiger partial charge >= 0.3 is 0 Å². The Morgan fingerprint density at radius 1 is 1.29 bits per heavy atom. The van der Waals surface area contributed by atoms with Crippen molar-refractivity contribution in [2.45, 2.75) is 19.9 Å². The molecular formula is C17H21N3O4. The highest BCUT2D eigenvalue weighted by Crippen LogP contribution is 2.25. The van der Waals surface area contributed by atoms with E-state index in [1.807, 2.05) is 13.0 Å². The highest BCUT2D eigenvalue weighted by Gasteiger charge is 2.07. The van der Waals surface area contributed by atoms with Crippen LogP contribution < -0.4 is 20.3 Å². The fourth-order valence-electron chi connectivity index (χ4n) is 2.07. The molecule has 0 aliphatic carbocycles. The molecule has 2 rings (SSSR count). The third-order valence-electron chi connectivity index (χ3n) is 3.40. The molecule has 0 bridgehead atoms. The lowest BCUT2D eigenvalue weighted by Gasteiger charge is -2.11. The largest absolute Gasteiger partial charge is 0.493 e. The van der Waals surface area contributed by atoms with Crippen LogP contribution in [-0.4, -0.2) is 35.7 Å². The van der Waals surface area contributed by atoms with Crippen LogP contribution in [-0.2, 0) is 17.8 Å². The van der Waals surface area contributed by atoms with Crippen molar-refractivity contribution >= 4 is 5.91 Å². The van der Waals surface area contributed by atoms with E-state index in [4.69, 9.17) is 9.47 Å². The molecule has 0 aliphatic rings. The van der Waals surface area contributed by atoms with Gasteiger partial charge in [-0.2, -0.15) is 0 Å². The fraction of sp³-hybridized carbons (Fsp3) is 0.353. The molecule has 0 fully saturated rings. The van der Waals surface area contributed by atoms with Gasteiger partial charge in [0.25, 0.3) is 11.5 Å². The Hall–Kier alpha value is -2.83. The van der Waals surface area contributed by atoms with Crippen LogP contribution in [0.15, 0.2) is 41.5 Å². The molecule has 1 heterocycles. The first kappa shape index (κ1) is 17.5. The Labute approximate surface area is 140 Å². The van der Waals surface area contributed by atoms with Crippen LogP contribution in [0.5, 0.6) is 11.5 Å². The number of rotatable bonds is 8. The van der Waals surface area contributed by atoms with E-state index in [0.29, 0.717) is 31.0 Å². The summed E-state index contributed by atoms with van der Waals surface area (Å²) in [4.78, 5) is 27.8. The number of methoxy groups -OCH3 is 1. The first-order chi connectivity index (χ1) is 11.6. The van der Waals surface area contributed by atoms with Gasteiger partial charge < -0.3 is 14.8 Å². The SMILES string of the molecule is CCc1cc(=O)n(CCNC(=O)COc2ccccc2OC)cn1. The van der Waals surface area contributed by atoms with Gasteiger partial charge in [0.1, 0.15) is 0 Å². The first-order valence-corrected chi connectivity index (χ1v) is 7.72. The van der Waals surface area contributed by atoms with Crippen molar-refractivity contribution in [3.05, 3.63) is 52.7 Å². The van der Waals surface area contributed by atoms with E-state index in [2.05, 4.69) is 10.3 Å². The minimum atomic E-state index is -0.271. The molecule has 0 atom stereocenters. The number of amides is 1. The Morgan fingerprint density at radius 3 is 2.71 bits per heavy atom. The van der Waals surface area contributed by atoms with Crippen molar-refractivity contribution in [1.29, 1.82) is 0 Å². The minimum Gasteiger partial charge on any atom is -0.493 e. The summed E-state index contributed by atoms with van der Waals surface area (Å²) in [6, 6.07) is 8.61. The summed E-state index contributed by atoms with van der Waals surface area (Å²) in [6.07, 6.45) is 2.21. The second-order valence-corrected chi connectivity index (χ2v) is 5.05. The van der Waals surface area contributed by atoms with Gasteiger partial charge in [-0.05, 0) is 18.6 Å². The van der Waals surface area contributed by atoms with Gasteiger partial charge in [0.2, 0.25) is 0 Å². The molecule has 0 radical (unpaired) electrons. The fourth-order valence-corrected chi connectivity index (χ4v) is 2.07. The lowest BCUT2D eigenvalue weighted by Crippen LogP contribution is -2.33. The summed E-state index contributed by atoms with van der Waals surface area (Å²) >= 11 is 0. The molecule has 1 amide bonds. The van der Waals surface area contributed by atoms with Gasteiger partial charge in [-0.25, -0.2) is 4.98 Å². The van der Waals surface area contributed by atoms with E-state index in [0.717, 1.165) is 5.69 Å². The summed E-state index contributed by atoms with van der Waals surface area (Å²) in [5.74, 6) is 0.803. The molecule has 128 valence electrons. The van der Waals surface area contributed by atoms with E-state index >= 15 is 0 Å². The van der Waals surface area contributed by atoms with Crippen LogP contribution in [0.2, 0.25) is 0 Å². The number of aromatic nitrogens is 2. The standard InChI is InChI=1S/C17H21N3O4/c1-3-13-10-17(22)20(12-19-13)9-8-18-16(21)11-24-15-7-5-4-6-14(15)23-2/h4-7,10,12H,3,8-9,11H2,1-2H3,(H,18,21).